The van der Waals surface area contributed by atoms with Gasteiger partial charge in [-0.2, -0.15) is 13.1 Å². The van der Waals surface area contributed by atoms with Crippen LogP contribution in [0.2, 0.25) is 0 Å². The molecule has 3 rings (SSSR count). The van der Waals surface area contributed by atoms with Gasteiger partial charge in [-0.25, -0.2) is 0 Å². The summed E-state index contributed by atoms with van der Waals surface area (Å²) in [7, 11) is -4.40. The Morgan fingerprint density at radius 3 is 2.45 bits per heavy atom. The summed E-state index contributed by atoms with van der Waals surface area (Å²) >= 11 is 0. The summed E-state index contributed by atoms with van der Waals surface area (Å²) in [5.74, 6) is -0.172. The lowest BCUT2D eigenvalue weighted by molar-refractivity contribution is -0.138. The van der Waals surface area contributed by atoms with Crippen LogP contribution in [-0.4, -0.2) is 52.5 Å². The van der Waals surface area contributed by atoms with Crippen molar-refractivity contribution in [1.82, 2.24) is 4.72 Å². The van der Waals surface area contributed by atoms with Gasteiger partial charge in [0.25, 0.3) is 0 Å². The Labute approximate surface area is 198 Å². The Morgan fingerprint density at radius 2 is 1.82 bits per heavy atom. The predicted octanol–water partition coefficient (Wildman–Crippen LogP) is 3.24. The number of aliphatic hydroxyl groups excluding tert-OH is 2. The lowest BCUT2D eigenvalue weighted by Gasteiger charge is -2.56. The molecule has 0 heterocycles. The smallest absolute Gasteiger partial charge is 0.333 e. The normalized spacial score (nSPS) is 43.3. The number of carbonyl (C=O) groups is 1. The first-order chi connectivity index (χ1) is 15.3. The van der Waals surface area contributed by atoms with Crippen LogP contribution >= 0.6 is 0 Å². The number of aliphatic hydroxyl groups is 2. The van der Waals surface area contributed by atoms with Crippen molar-refractivity contribution >= 4 is 16.3 Å². The second-order valence-electron chi connectivity index (χ2n) is 11.4. The number of hydrogen-bond acceptors (Lipinski definition) is 5. The van der Waals surface area contributed by atoms with Gasteiger partial charge >= 0.3 is 16.3 Å². The summed E-state index contributed by atoms with van der Waals surface area (Å²) in [6.45, 7) is 6.32. The molecule has 3 fully saturated rings. The van der Waals surface area contributed by atoms with Gasteiger partial charge in [-0.15, -0.1) is 0 Å². The molecule has 0 aromatic rings. The van der Waals surface area contributed by atoms with Gasteiger partial charge in [0.2, 0.25) is 0 Å². The van der Waals surface area contributed by atoms with Gasteiger partial charge in [0, 0.05) is 12.5 Å². The fourth-order valence-corrected chi connectivity index (χ4v) is 8.53. The van der Waals surface area contributed by atoms with Crippen LogP contribution in [-0.2, 0) is 15.1 Å². The highest BCUT2D eigenvalue weighted by molar-refractivity contribution is 7.83. The Kier molecular flexibility index (Phi) is 8.53. The number of carboxylic acids is 1. The van der Waals surface area contributed by atoms with E-state index in [1.54, 1.807) is 0 Å². The molecule has 1 unspecified atom stereocenters. The molecule has 0 radical (unpaired) electrons. The Hall–Kier alpha value is -0.740. The zero-order valence-electron chi connectivity index (χ0n) is 20.2. The van der Waals surface area contributed by atoms with Crippen molar-refractivity contribution in [3.63, 3.8) is 0 Å². The third kappa shape index (κ3) is 5.92. The number of nitrogens with one attached hydrogen (secondary N) is 1. The Balaban J connectivity index is 1.97. The standard InChI is InChI=1S/C24H43NO7S/c1-14-7-9-16(26)5-4-6-20(25-33(30,31)32)23-17(14)13-21(27)24(3)18(10-11-19(23)24)15(2)8-12-22(28)29/h14-21,23,25-27H,4-13H2,1-3H3,(H,28,29)(H,30,31,32)/t14-,15+,16-,17+,18+,19-,20?,21-,23+,24+/m0/s1. The first kappa shape index (κ1) is 26.9. The third-order valence-corrected chi connectivity index (χ3v) is 10.2. The molecule has 0 spiro atoms. The zero-order valence-corrected chi connectivity index (χ0v) is 21.0. The molecule has 8 nitrogen and oxygen atoms in total. The highest BCUT2D eigenvalue weighted by Crippen LogP contribution is 2.63. The van der Waals surface area contributed by atoms with E-state index in [9.17, 15) is 28.0 Å². The maximum Gasteiger partial charge on any atom is 0.333 e. The number of fused-ring (bicyclic) bond motifs is 3. The summed E-state index contributed by atoms with van der Waals surface area (Å²) < 4.78 is 36.1. The Bertz CT molecular complexity index is 790. The van der Waals surface area contributed by atoms with Crippen LogP contribution in [0.4, 0.5) is 0 Å². The van der Waals surface area contributed by atoms with E-state index in [2.05, 4.69) is 25.5 Å². The molecule has 5 N–H and O–H groups in total. The SMILES string of the molecule is C[C@H](CCC(=O)O)[C@H]1CC[C@H]2[C@@H]3C(NS(=O)(=O)O)CCC[C@H](O)CC[C@H](C)[C@H]3C[C@H](O)[C@]12C. The van der Waals surface area contributed by atoms with Crippen LogP contribution in [0.5, 0.6) is 0 Å². The van der Waals surface area contributed by atoms with Gasteiger partial charge in [0.05, 0.1) is 12.2 Å². The van der Waals surface area contributed by atoms with E-state index in [1.807, 2.05) is 0 Å². The fourth-order valence-electron chi connectivity index (χ4n) is 7.87. The van der Waals surface area contributed by atoms with E-state index in [-0.39, 0.29) is 41.9 Å². The summed E-state index contributed by atoms with van der Waals surface area (Å²) in [6, 6.07) is -0.456. The van der Waals surface area contributed by atoms with Gasteiger partial charge < -0.3 is 15.3 Å². The van der Waals surface area contributed by atoms with Gasteiger partial charge in [0.1, 0.15) is 0 Å². The molecule has 0 aromatic heterocycles. The molecule has 0 aliphatic heterocycles. The zero-order chi connectivity index (χ0) is 24.6. The minimum atomic E-state index is -4.40. The van der Waals surface area contributed by atoms with Crippen LogP contribution in [0.25, 0.3) is 0 Å². The molecular weight excluding hydrogens is 446 g/mol. The molecule has 10 atom stereocenters. The minimum absolute atomic E-state index is 0.0257. The van der Waals surface area contributed by atoms with Crippen molar-refractivity contribution in [1.29, 1.82) is 0 Å². The highest BCUT2D eigenvalue weighted by Gasteiger charge is 2.61. The quantitative estimate of drug-likeness (QED) is 0.360. The lowest BCUT2D eigenvalue weighted by atomic mass is 9.51. The summed E-state index contributed by atoms with van der Waals surface area (Å²) in [4.78, 5) is 11.1. The Morgan fingerprint density at radius 1 is 1.12 bits per heavy atom. The molecule has 9 heteroatoms. The van der Waals surface area contributed by atoms with Gasteiger partial charge in [-0.1, -0.05) is 20.8 Å². The van der Waals surface area contributed by atoms with E-state index in [4.69, 9.17) is 5.11 Å². The summed E-state index contributed by atoms with van der Waals surface area (Å²) in [5, 5.41) is 31.0. The first-order valence-electron chi connectivity index (χ1n) is 12.7. The summed E-state index contributed by atoms with van der Waals surface area (Å²) in [5.41, 5.74) is -0.429. The second-order valence-corrected chi connectivity index (χ2v) is 12.6. The van der Waals surface area contributed by atoms with Crippen molar-refractivity contribution in [2.75, 3.05) is 0 Å². The fraction of sp³-hybridized carbons (Fsp3) is 0.958. The van der Waals surface area contributed by atoms with Crippen molar-refractivity contribution in [3.8, 4) is 0 Å². The molecule has 192 valence electrons. The lowest BCUT2D eigenvalue weighted by Crippen LogP contribution is -2.58. The molecule has 3 aliphatic carbocycles. The van der Waals surface area contributed by atoms with Crippen LogP contribution in [0.1, 0.15) is 85.0 Å². The van der Waals surface area contributed by atoms with E-state index < -0.39 is 39.9 Å². The van der Waals surface area contributed by atoms with Gasteiger partial charge in [-0.3, -0.25) is 9.35 Å². The van der Waals surface area contributed by atoms with E-state index in [1.165, 1.54) is 0 Å². The molecule has 3 aliphatic rings. The maximum absolute atomic E-state index is 11.9. The van der Waals surface area contributed by atoms with E-state index >= 15 is 0 Å². The van der Waals surface area contributed by atoms with Crippen LogP contribution in [0, 0.1) is 40.9 Å². The summed E-state index contributed by atoms with van der Waals surface area (Å²) in [6.07, 6.45) is 5.31. The van der Waals surface area contributed by atoms with E-state index in [0.29, 0.717) is 38.5 Å². The average Bonchev–Trinajstić information content (AvgIpc) is 3.06. The third-order valence-electron chi connectivity index (χ3n) is 9.56. The van der Waals surface area contributed by atoms with Crippen molar-refractivity contribution in [3.05, 3.63) is 0 Å². The number of aliphatic carboxylic acids is 1. The molecule has 3 saturated carbocycles. The minimum Gasteiger partial charge on any atom is -0.481 e. The van der Waals surface area contributed by atoms with Crippen LogP contribution in [0.15, 0.2) is 0 Å². The van der Waals surface area contributed by atoms with Crippen LogP contribution < -0.4 is 4.72 Å². The monoisotopic (exact) mass is 489 g/mol. The molecular formula is C24H43NO7S. The first-order valence-corrected chi connectivity index (χ1v) is 14.1. The van der Waals surface area contributed by atoms with Crippen molar-refractivity contribution in [2.45, 2.75) is 103 Å². The van der Waals surface area contributed by atoms with Crippen molar-refractivity contribution < 1.29 is 33.1 Å². The second kappa shape index (κ2) is 10.5. The van der Waals surface area contributed by atoms with Gasteiger partial charge in [0.15, 0.2) is 0 Å². The number of carboxylic acid groups (broad SMARTS) is 1. The number of rotatable bonds is 6. The maximum atomic E-state index is 11.9. The highest BCUT2D eigenvalue weighted by atomic mass is 32.2. The van der Waals surface area contributed by atoms with E-state index in [0.717, 1.165) is 19.3 Å². The topological polar surface area (TPSA) is 144 Å². The molecule has 33 heavy (non-hydrogen) atoms. The largest absolute Gasteiger partial charge is 0.481 e. The number of hydrogen-bond donors (Lipinski definition) is 5. The average molecular weight is 490 g/mol. The molecule has 0 bridgehead atoms. The molecule has 0 saturated heterocycles. The van der Waals surface area contributed by atoms with Gasteiger partial charge in [-0.05, 0) is 98.7 Å². The van der Waals surface area contributed by atoms with Crippen LogP contribution in [0.3, 0.4) is 0 Å². The molecule has 0 amide bonds. The van der Waals surface area contributed by atoms with Crippen molar-refractivity contribution in [2.24, 2.45) is 40.9 Å². The molecule has 0 aromatic carbocycles. The predicted molar refractivity (Wildman–Crippen MR) is 125 cm³/mol.